The zero-order valence-electron chi connectivity index (χ0n) is 6.87. The Morgan fingerprint density at radius 3 is 3.08 bits per heavy atom. The van der Waals surface area contributed by atoms with E-state index < -0.39 is 0 Å². The smallest absolute Gasteiger partial charge is 0.0441 e. The Hall–Kier alpha value is 0.110. The molecule has 2 unspecified atom stereocenters. The van der Waals surface area contributed by atoms with Gasteiger partial charge in [-0.2, -0.15) is 0 Å². The maximum Gasteiger partial charge on any atom is 0.0441 e. The molecule has 1 heterocycles. The molecule has 1 saturated carbocycles. The molecule has 1 nitrogen and oxygen atoms in total. The molecule has 2 rings (SSSR count). The van der Waals surface area contributed by atoms with Gasteiger partial charge < -0.3 is 0 Å². The Balaban J connectivity index is 2.04. The summed E-state index contributed by atoms with van der Waals surface area (Å²) in [6.45, 7) is 0. The van der Waals surface area contributed by atoms with Crippen molar-refractivity contribution >= 4 is 27.5 Å². The molecular formula is C9H12BrNS. The van der Waals surface area contributed by atoms with E-state index in [9.17, 15) is 0 Å². The minimum atomic E-state index is 0.733. The second kappa shape index (κ2) is 3.88. The maximum absolute atomic E-state index is 4.15. The van der Waals surface area contributed by atoms with Crippen molar-refractivity contribution in [3.63, 3.8) is 0 Å². The number of hydrogen-bond donors (Lipinski definition) is 0. The van der Waals surface area contributed by atoms with Crippen molar-refractivity contribution in [3.8, 4) is 0 Å². The van der Waals surface area contributed by atoms with E-state index in [-0.39, 0.29) is 0 Å². The Labute approximate surface area is 85.5 Å². The van der Waals surface area contributed by atoms with Gasteiger partial charge >= 0.3 is 0 Å². The van der Waals surface area contributed by atoms with Crippen molar-refractivity contribution < 1.29 is 0 Å². The van der Waals surface area contributed by atoms with Crippen LogP contribution in [0.2, 0.25) is 0 Å². The van der Waals surface area contributed by atoms with Crippen LogP contribution in [0.3, 0.4) is 0 Å². The predicted octanol–water partition coefficient (Wildman–Crippen LogP) is 3.56. The number of halogens is 1. The molecule has 0 spiro atoms. The largest absolute Gasteiger partial charge is 0.201 e. The van der Waals surface area contributed by atoms with Crippen LogP contribution in [0, 0.1) is 0 Å². The van der Waals surface area contributed by atoms with Gasteiger partial charge in [-0.3, -0.25) is 0 Å². The number of aromatic nitrogens is 1. The van der Waals surface area contributed by atoms with Gasteiger partial charge in [0.05, 0.1) is 0 Å². The lowest BCUT2D eigenvalue weighted by atomic mass is 9.86. The summed E-state index contributed by atoms with van der Waals surface area (Å²) in [6.07, 6.45) is 7.36. The van der Waals surface area contributed by atoms with Crippen LogP contribution in [0.4, 0.5) is 0 Å². The van der Waals surface area contributed by atoms with Gasteiger partial charge in [-0.1, -0.05) is 22.4 Å². The third-order valence-corrected chi connectivity index (χ3v) is 3.97. The quantitative estimate of drug-likeness (QED) is 0.690. The molecular weight excluding hydrogens is 234 g/mol. The van der Waals surface area contributed by atoms with Crippen LogP contribution in [-0.2, 0) is 0 Å². The molecule has 1 fully saturated rings. The minimum Gasteiger partial charge on any atom is -0.201 e. The number of rotatable bonds is 1. The molecule has 0 radical (unpaired) electrons. The molecule has 1 aliphatic carbocycles. The van der Waals surface area contributed by atoms with Crippen LogP contribution in [0.1, 0.15) is 37.2 Å². The average molecular weight is 246 g/mol. The third-order valence-electron chi connectivity index (χ3n) is 2.53. The zero-order chi connectivity index (χ0) is 8.39. The van der Waals surface area contributed by atoms with E-state index in [1.807, 2.05) is 6.20 Å². The highest BCUT2D eigenvalue weighted by molar-refractivity contribution is 9.09. The van der Waals surface area contributed by atoms with Crippen LogP contribution in [0.5, 0.6) is 0 Å². The molecule has 0 bridgehead atoms. The first kappa shape index (κ1) is 8.70. The highest BCUT2D eigenvalue weighted by Gasteiger charge is 2.21. The second-order valence-electron chi connectivity index (χ2n) is 3.42. The summed E-state index contributed by atoms with van der Waals surface area (Å²) < 4.78 is 4.15. The van der Waals surface area contributed by atoms with E-state index >= 15 is 0 Å². The predicted molar refractivity (Wildman–Crippen MR) is 56.0 cm³/mol. The molecule has 0 aliphatic heterocycles. The fraction of sp³-hybridized carbons (Fsp3) is 0.667. The van der Waals surface area contributed by atoms with Gasteiger partial charge in [0.25, 0.3) is 0 Å². The summed E-state index contributed by atoms with van der Waals surface area (Å²) in [6, 6.07) is 0. The van der Waals surface area contributed by atoms with Crippen LogP contribution >= 0.6 is 27.5 Å². The summed E-state index contributed by atoms with van der Waals surface area (Å²) in [5, 5.41) is 2.19. The summed E-state index contributed by atoms with van der Waals surface area (Å²) in [7, 11) is 0. The van der Waals surface area contributed by atoms with Gasteiger partial charge in [-0.05, 0) is 42.3 Å². The first-order valence-electron chi connectivity index (χ1n) is 4.39. The van der Waals surface area contributed by atoms with Gasteiger partial charge in [-0.25, -0.2) is 4.37 Å². The van der Waals surface area contributed by atoms with Gasteiger partial charge in [0.2, 0.25) is 0 Å². The fourth-order valence-corrected chi connectivity index (χ4v) is 3.24. The Kier molecular flexibility index (Phi) is 2.81. The molecule has 3 heteroatoms. The Bertz CT molecular complexity index is 235. The van der Waals surface area contributed by atoms with Crippen LogP contribution in [0.25, 0.3) is 0 Å². The van der Waals surface area contributed by atoms with E-state index in [4.69, 9.17) is 0 Å². The SMILES string of the molecule is BrC1CCCC(c2cnsc2)C1. The van der Waals surface area contributed by atoms with Crippen molar-refractivity contribution in [1.29, 1.82) is 0 Å². The molecule has 12 heavy (non-hydrogen) atoms. The first-order chi connectivity index (χ1) is 5.86. The summed E-state index contributed by atoms with van der Waals surface area (Å²) in [5.74, 6) is 0.766. The van der Waals surface area contributed by atoms with Crippen LogP contribution in [-0.4, -0.2) is 9.20 Å². The highest BCUT2D eigenvalue weighted by atomic mass is 79.9. The van der Waals surface area contributed by atoms with Crippen molar-refractivity contribution in [3.05, 3.63) is 17.1 Å². The standard InChI is InChI=1S/C9H12BrNS/c10-9-3-1-2-7(4-9)8-5-11-12-6-8/h5-7,9H,1-4H2. The van der Waals surface area contributed by atoms with Crippen LogP contribution < -0.4 is 0 Å². The van der Waals surface area contributed by atoms with Gasteiger partial charge in [0, 0.05) is 16.4 Å². The van der Waals surface area contributed by atoms with Crippen molar-refractivity contribution in [2.24, 2.45) is 0 Å². The van der Waals surface area contributed by atoms with Crippen molar-refractivity contribution in [2.75, 3.05) is 0 Å². The van der Waals surface area contributed by atoms with Crippen LogP contribution in [0.15, 0.2) is 11.6 Å². The zero-order valence-corrected chi connectivity index (χ0v) is 9.27. The van der Waals surface area contributed by atoms with E-state index in [0.717, 1.165) is 10.7 Å². The normalized spacial score (nSPS) is 30.4. The Morgan fingerprint density at radius 2 is 2.42 bits per heavy atom. The molecule has 2 atom stereocenters. The van der Waals surface area contributed by atoms with Gasteiger partial charge in [0.1, 0.15) is 0 Å². The van der Waals surface area contributed by atoms with E-state index in [1.165, 1.54) is 31.2 Å². The fourth-order valence-electron chi connectivity index (χ4n) is 1.85. The topological polar surface area (TPSA) is 12.9 Å². The summed E-state index contributed by atoms with van der Waals surface area (Å²) in [4.78, 5) is 0.733. The average Bonchev–Trinajstić information content (AvgIpc) is 2.56. The molecule has 0 N–H and O–H groups in total. The van der Waals surface area contributed by atoms with Gasteiger partial charge in [-0.15, -0.1) is 0 Å². The number of nitrogens with zero attached hydrogens (tertiary/aromatic N) is 1. The molecule has 0 aromatic carbocycles. The number of alkyl halides is 1. The molecule has 1 aromatic heterocycles. The molecule has 0 saturated heterocycles. The third kappa shape index (κ3) is 1.88. The van der Waals surface area contributed by atoms with E-state index in [2.05, 4.69) is 25.7 Å². The maximum atomic E-state index is 4.15. The minimum absolute atomic E-state index is 0.733. The Morgan fingerprint density at radius 1 is 1.50 bits per heavy atom. The van der Waals surface area contributed by atoms with E-state index in [0.29, 0.717) is 0 Å². The highest BCUT2D eigenvalue weighted by Crippen LogP contribution is 2.36. The lowest BCUT2D eigenvalue weighted by Gasteiger charge is -2.24. The second-order valence-corrected chi connectivity index (χ2v) is 5.37. The summed E-state index contributed by atoms with van der Waals surface area (Å²) >= 11 is 5.27. The molecule has 66 valence electrons. The van der Waals surface area contributed by atoms with Crippen molar-refractivity contribution in [2.45, 2.75) is 36.4 Å². The lowest BCUT2D eigenvalue weighted by molar-refractivity contribution is 0.458. The van der Waals surface area contributed by atoms with Gasteiger partial charge in [0.15, 0.2) is 0 Å². The van der Waals surface area contributed by atoms with Crippen molar-refractivity contribution in [1.82, 2.24) is 4.37 Å². The monoisotopic (exact) mass is 245 g/mol. The first-order valence-corrected chi connectivity index (χ1v) is 6.15. The summed E-state index contributed by atoms with van der Waals surface area (Å²) in [5.41, 5.74) is 1.45. The molecule has 1 aliphatic rings. The molecule has 0 amide bonds. The lowest BCUT2D eigenvalue weighted by Crippen LogP contribution is -2.12. The molecule has 1 aromatic rings. The number of hydrogen-bond acceptors (Lipinski definition) is 2. The van der Waals surface area contributed by atoms with E-state index in [1.54, 1.807) is 11.5 Å².